The number of nitrogens with one attached hydrogen (secondary N) is 1. The summed E-state index contributed by atoms with van der Waals surface area (Å²) in [4.78, 5) is 18.1. The normalized spacial score (nSPS) is 11.8. The standard InChI is InChI=1S/C19H17N5O2S.C2H4O2/c1-25-10-4-6-14(26-2)12(8-10)9-3-5-11-13(7-9)15(23-17(11)20)16-18(21)24-19(22)27-16;1-2(3)4/h3-8,20H,21H2,1-2H3,(H2,22,24);1H3,(H,3,4). The third kappa shape index (κ3) is 4.48. The summed E-state index contributed by atoms with van der Waals surface area (Å²) in [7, 11) is 3.25. The maximum absolute atomic E-state index is 9.00. The van der Waals surface area contributed by atoms with Gasteiger partial charge in [-0.25, -0.2) is 9.98 Å². The zero-order valence-electron chi connectivity index (χ0n) is 17.1. The third-order valence-electron chi connectivity index (χ3n) is 4.36. The summed E-state index contributed by atoms with van der Waals surface area (Å²) in [6, 6.07) is 11.4. The van der Waals surface area contributed by atoms with Crippen molar-refractivity contribution in [1.82, 2.24) is 4.98 Å². The molecule has 2 aromatic carbocycles. The summed E-state index contributed by atoms with van der Waals surface area (Å²) in [5.74, 6) is 1.13. The second-order valence-corrected chi connectivity index (χ2v) is 7.45. The number of carboxylic acid groups (broad SMARTS) is 1. The predicted molar refractivity (Wildman–Crippen MR) is 122 cm³/mol. The maximum Gasteiger partial charge on any atom is 0.300 e. The molecule has 10 heteroatoms. The number of nitrogens with two attached hydrogens (primary N) is 2. The molecule has 0 spiro atoms. The predicted octanol–water partition coefficient (Wildman–Crippen LogP) is 3.26. The molecule has 9 nitrogen and oxygen atoms in total. The Hall–Kier alpha value is -3.92. The number of fused-ring (bicyclic) bond motifs is 1. The van der Waals surface area contributed by atoms with Gasteiger partial charge in [-0.3, -0.25) is 10.2 Å². The molecule has 31 heavy (non-hydrogen) atoms. The minimum Gasteiger partial charge on any atom is -0.497 e. The Bertz CT molecular complexity index is 1200. The highest BCUT2D eigenvalue weighted by Crippen LogP contribution is 2.37. The summed E-state index contributed by atoms with van der Waals surface area (Å²) < 4.78 is 10.8. The molecule has 4 rings (SSSR count). The van der Waals surface area contributed by atoms with E-state index in [9.17, 15) is 0 Å². The maximum atomic E-state index is 9.00. The number of ether oxygens (including phenoxy) is 2. The first-order valence-corrected chi connectivity index (χ1v) is 9.83. The number of rotatable bonds is 4. The van der Waals surface area contributed by atoms with E-state index in [0.717, 1.165) is 40.7 Å². The zero-order valence-corrected chi connectivity index (χ0v) is 17.9. The molecule has 2 heterocycles. The summed E-state index contributed by atoms with van der Waals surface area (Å²) in [5, 5.41) is 16.0. The summed E-state index contributed by atoms with van der Waals surface area (Å²) in [6.45, 7) is 1.08. The number of benzene rings is 2. The van der Waals surface area contributed by atoms with Crippen LogP contribution in [0.1, 0.15) is 22.9 Å². The smallest absolute Gasteiger partial charge is 0.300 e. The number of carbonyl (C=O) groups is 1. The monoisotopic (exact) mass is 439 g/mol. The first kappa shape index (κ1) is 21.8. The fourth-order valence-electron chi connectivity index (χ4n) is 3.08. The molecule has 0 unspecified atom stereocenters. The number of amidine groups is 1. The van der Waals surface area contributed by atoms with Gasteiger partial charge >= 0.3 is 0 Å². The van der Waals surface area contributed by atoms with E-state index in [1.54, 1.807) is 14.2 Å². The Morgan fingerprint density at radius 1 is 1.06 bits per heavy atom. The zero-order chi connectivity index (χ0) is 22.7. The van der Waals surface area contributed by atoms with Crippen LogP contribution in [0.15, 0.2) is 41.4 Å². The van der Waals surface area contributed by atoms with Gasteiger partial charge in [0.1, 0.15) is 17.3 Å². The van der Waals surface area contributed by atoms with Crippen LogP contribution < -0.4 is 20.9 Å². The van der Waals surface area contributed by atoms with Gasteiger partial charge in [-0.15, -0.1) is 0 Å². The van der Waals surface area contributed by atoms with Gasteiger partial charge in [-0.05, 0) is 35.9 Å². The number of thiazole rings is 1. The average Bonchev–Trinajstić information content (AvgIpc) is 3.24. The SMILES string of the molecule is CC(=O)O.COc1ccc(OC)c(-c2ccc3c(c2)C(c2sc(N)nc2N)=NC3=N)c1. The Morgan fingerprint density at radius 3 is 2.35 bits per heavy atom. The van der Waals surface area contributed by atoms with Crippen LogP contribution in [0, 0.1) is 5.41 Å². The van der Waals surface area contributed by atoms with Gasteiger partial charge in [0.05, 0.1) is 24.8 Å². The van der Waals surface area contributed by atoms with E-state index in [1.807, 2.05) is 36.4 Å². The number of anilines is 2. The van der Waals surface area contributed by atoms with Crippen molar-refractivity contribution in [3.05, 3.63) is 52.4 Å². The number of aromatic nitrogens is 1. The van der Waals surface area contributed by atoms with Crippen molar-refractivity contribution in [3.8, 4) is 22.6 Å². The largest absolute Gasteiger partial charge is 0.497 e. The molecule has 0 saturated heterocycles. The molecule has 0 amide bonds. The van der Waals surface area contributed by atoms with Crippen molar-refractivity contribution in [3.63, 3.8) is 0 Å². The Balaban J connectivity index is 0.000000628. The van der Waals surface area contributed by atoms with Gasteiger partial charge in [-0.2, -0.15) is 0 Å². The van der Waals surface area contributed by atoms with E-state index in [0.29, 0.717) is 21.5 Å². The van der Waals surface area contributed by atoms with Crippen LogP contribution in [-0.4, -0.2) is 41.8 Å². The molecular weight excluding hydrogens is 418 g/mol. The van der Waals surface area contributed by atoms with Gasteiger partial charge in [-0.1, -0.05) is 17.4 Å². The molecule has 160 valence electrons. The summed E-state index contributed by atoms with van der Waals surface area (Å²) in [6.07, 6.45) is 0. The van der Waals surface area contributed by atoms with Crippen LogP contribution in [0.4, 0.5) is 10.9 Å². The van der Waals surface area contributed by atoms with Gasteiger partial charge in [0.2, 0.25) is 0 Å². The Kier molecular flexibility index (Phi) is 6.21. The number of aliphatic imine (C=N–C) groups is 1. The second kappa shape index (κ2) is 8.84. The number of methoxy groups -OCH3 is 2. The second-order valence-electron chi connectivity index (χ2n) is 6.42. The molecule has 1 aliphatic heterocycles. The van der Waals surface area contributed by atoms with Crippen molar-refractivity contribution in [2.75, 3.05) is 25.7 Å². The lowest BCUT2D eigenvalue weighted by Gasteiger charge is -2.12. The van der Waals surface area contributed by atoms with Crippen LogP contribution in [-0.2, 0) is 4.79 Å². The van der Waals surface area contributed by atoms with Crippen molar-refractivity contribution >= 4 is 39.8 Å². The molecule has 0 aliphatic carbocycles. The fourth-order valence-corrected chi connectivity index (χ4v) is 3.83. The highest BCUT2D eigenvalue weighted by Gasteiger charge is 2.26. The fraction of sp³-hybridized carbons (Fsp3) is 0.143. The van der Waals surface area contributed by atoms with Crippen molar-refractivity contribution in [2.24, 2.45) is 4.99 Å². The summed E-state index contributed by atoms with van der Waals surface area (Å²) in [5.41, 5.74) is 15.7. The summed E-state index contributed by atoms with van der Waals surface area (Å²) >= 11 is 1.26. The molecule has 0 radical (unpaired) electrons. The molecule has 0 bridgehead atoms. The van der Waals surface area contributed by atoms with E-state index in [2.05, 4.69) is 9.98 Å². The lowest BCUT2D eigenvalue weighted by atomic mass is 9.96. The molecule has 0 atom stereocenters. The first-order valence-electron chi connectivity index (χ1n) is 9.01. The average molecular weight is 439 g/mol. The number of hydrogen-bond donors (Lipinski definition) is 4. The van der Waals surface area contributed by atoms with Crippen LogP contribution in [0.2, 0.25) is 0 Å². The van der Waals surface area contributed by atoms with E-state index in [4.69, 9.17) is 36.3 Å². The third-order valence-corrected chi connectivity index (χ3v) is 5.26. The first-order chi connectivity index (χ1) is 14.7. The molecule has 0 saturated carbocycles. The van der Waals surface area contributed by atoms with E-state index in [1.165, 1.54) is 11.3 Å². The van der Waals surface area contributed by atoms with Crippen molar-refractivity contribution in [1.29, 1.82) is 5.41 Å². The van der Waals surface area contributed by atoms with E-state index >= 15 is 0 Å². The number of aliphatic carboxylic acids is 1. The molecule has 1 aromatic heterocycles. The lowest BCUT2D eigenvalue weighted by Crippen LogP contribution is -2.03. The minimum absolute atomic E-state index is 0.190. The van der Waals surface area contributed by atoms with E-state index < -0.39 is 5.97 Å². The highest BCUT2D eigenvalue weighted by molar-refractivity contribution is 7.18. The minimum atomic E-state index is -0.833. The number of nitrogens with zero attached hydrogens (tertiary/aromatic N) is 2. The van der Waals surface area contributed by atoms with Gasteiger partial charge in [0.25, 0.3) is 5.97 Å². The molecular formula is C21H21N5O4S. The number of hydrogen-bond acceptors (Lipinski definition) is 8. The van der Waals surface area contributed by atoms with Crippen LogP contribution in [0.3, 0.4) is 0 Å². The highest BCUT2D eigenvalue weighted by atomic mass is 32.1. The van der Waals surface area contributed by atoms with Crippen LogP contribution >= 0.6 is 11.3 Å². The van der Waals surface area contributed by atoms with Gasteiger partial charge in [0.15, 0.2) is 11.0 Å². The molecule has 1 aliphatic rings. The lowest BCUT2D eigenvalue weighted by molar-refractivity contribution is -0.134. The molecule has 0 fully saturated rings. The topological polar surface area (TPSA) is 157 Å². The van der Waals surface area contributed by atoms with Gasteiger partial charge in [0, 0.05) is 23.6 Å². The van der Waals surface area contributed by atoms with Crippen LogP contribution in [0.5, 0.6) is 11.5 Å². The Morgan fingerprint density at radius 2 is 1.77 bits per heavy atom. The Labute approximate surface area is 182 Å². The van der Waals surface area contributed by atoms with E-state index in [-0.39, 0.29) is 5.84 Å². The van der Waals surface area contributed by atoms with Gasteiger partial charge < -0.3 is 26.0 Å². The van der Waals surface area contributed by atoms with Crippen LogP contribution in [0.25, 0.3) is 11.1 Å². The molecule has 3 aromatic rings. The number of nitrogen functional groups attached to an aromatic ring is 2. The van der Waals surface area contributed by atoms with Crippen molar-refractivity contribution in [2.45, 2.75) is 6.92 Å². The number of carboxylic acids is 1. The molecule has 6 N–H and O–H groups in total. The quantitative estimate of drug-likeness (QED) is 0.486. The van der Waals surface area contributed by atoms with Crippen molar-refractivity contribution < 1.29 is 19.4 Å².